The number of nitrogens with two attached hydrogens (primary N) is 3. The van der Waals surface area contributed by atoms with E-state index in [2.05, 4.69) is 44.9 Å². The molecule has 0 spiro atoms. The van der Waals surface area contributed by atoms with Crippen molar-refractivity contribution in [2.24, 2.45) is 0 Å². The van der Waals surface area contributed by atoms with Crippen LogP contribution in [0.3, 0.4) is 0 Å². The number of nitrogens with zero attached hydrogens (tertiary/aromatic N) is 12. The van der Waals surface area contributed by atoms with E-state index in [0.29, 0.717) is 6.42 Å². The number of phosphoric acid groups is 2. The van der Waals surface area contributed by atoms with Crippen molar-refractivity contribution in [2.45, 2.75) is 86.0 Å². The first-order chi connectivity index (χ1) is 35.3. The SMILES string of the molecule is CO[C@@H]1C(OP(O)(=S)OC[C@H]2O[C@@H](n3cnc4c(N)ncnc43)C(OP(=O)(O)OC[C@]34CCCO[C@@H]3C(O)[C@H](n3cnc5c(N)ncnc53)O4)[C@H]2O)[C@H](n2cnc3c(N)ncnc32)O[C@@H]1COP(=O)(O)OCCO. The molecule has 6 aromatic rings. The predicted molar refractivity (Wildman–Crippen MR) is 248 cm³/mol. The number of hydrogen-bond acceptors (Lipinski definition) is 29. The lowest BCUT2D eigenvalue weighted by molar-refractivity contribution is -0.165. The Balaban J connectivity index is 0.880. The Morgan fingerprint density at radius 2 is 1.23 bits per heavy atom. The molecule has 12 N–H and O–H groups in total. The van der Waals surface area contributed by atoms with Gasteiger partial charge in [-0.15, -0.1) is 0 Å². The van der Waals surface area contributed by atoms with Crippen LogP contribution in [0, 0.1) is 0 Å². The summed E-state index contributed by atoms with van der Waals surface area (Å²) in [7, 11) is -8.77. The van der Waals surface area contributed by atoms with Crippen molar-refractivity contribution in [1.29, 1.82) is 0 Å². The minimum atomic E-state index is -5.29. The van der Waals surface area contributed by atoms with Gasteiger partial charge in [0, 0.05) is 13.7 Å². The van der Waals surface area contributed by atoms with Crippen molar-refractivity contribution in [2.75, 3.05) is 64.0 Å². The Kier molecular flexibility index (Phi) is 14.9. The Morgan fingerprint density at radius 1 is 0.689 bits per heavy atom. The second kappa shape index (κ2) is 20.8. The molecule has 0 amide bonds. The summed E-state index contributed by atoms with van der Waals surface area (Å²) in [4.78, 5) is 70.6. The summed E-state index contributed by atoms with van der Waals surface area (Å²) in [6.07, 6.45) is -7.66. The van der Waals surface area contributed by atoms with Crippen LogP contribution in [0.2, 0.25) is 0 Å². The maximum atomic E-state index is 14.1. The van der Waals surface area contributed by atoms with Crippen molar-refractivity contribution in [1.82, 2.24) is 58.6 Å². The highest BCUT2D eigenvalue weighted by atomic mass is 32.5. The molecule has 0 bridgehead atoms. The van der Waals surface area contributed by atoms with E-state index in [4.69, 9.17) is 84.9 Å². The Bertz CT molecular complexity index is 3160. The van der Waals surface area contributed by atoms with E-state index in [1.165, 1.54) is 46.1 Å². The number of anilines is 3. The second-order valence-electron chi connectivity index (χ2n) is 17.0. The summed E-state index contributed by atoms with van der Waals surface area (Å²) in [5.41, 5.74) is 17.5. The van der Waals surface area contributed by atoms with Gasteiger partial charge in [-0.1, -0.05) is 0 Å². The zero-order valence-electron chi connectivity index (χ0n) is 38.3. The van der Waals surface area contributed by atoms with Gasteiger partial charge in [0.05, 0.1) is 52.0 Å². The Hall–Kier alpha value is -4.52. The van der Waals surface area contributed by atoms with Gasteiger partial charge < -0.3 is 75.4 Å². The number of nitrogen functional groups attached to an aromatic ring is 3. The first kappa shape index (κ1) is 52.9. The minimum Gasteiger partial charge on any atom is -0.394 e. The summed E-state index contributed by atoms with van der Waals surface area (Å²) in [6, 6.07) is 0. The highest BCUT2D eigenvalue weighted by Crippen LogP contribution is 2.55. The number of ether oxygens (including phenoxy) is 5. The number of aliphatic hydroxyl groups is 3. The molecule has 402 valence electrons. The normalized spacial score (nSPS) is 31.7. The number of phosphoric ester groups is 2. The topological polar surface area (TPSA) is 466 Å². The van der Waals surface area contributed by atoms with Crippen LogP contribution >= 0.6 is 22.4 Å². The average Bonchev–Trinajstić information content (AvgIpc) is 4.24. The first-order valence-electron chi connectivity index (χ1n) is 22.2. The molecule has 34 nitrogen and oxygen atoms in total. The minimum absolute atomic E-state index is 0.0102. The summed E-state index contributed by atoms with van der Waals surface area (Å²) in [5.74, 6) is 0.0672. The van der Waals surface area contributed by atoms with Crippen LogP contribution in [-0.4, -0.2) is 190 Å². The number of fused-ring (bicyclic) bond motifs is 4. The van der Waals surface area contributed by atoms with E-state index in [0.717, 1.165) is 12.7 Å². The number of imidazole rings is 3. The number of rotatable bonds is 20. The van der Waals surface area contributed by atoms with Crippen LogP contribution in [0.25, 0.3) is 33.5 Å². The second-order valence-corrected chi connectivity index (χ2v) is 22.6. The van der Waals surface area contributed by atoms with E-state index < -0.39 is 129 Å². The van der Waals surface area contributed by atoms with Gasteiger partial charge >= 0.3 is 22.4 Å². The van der Waals surface area contributed by atoms with Gasteiger partial charge in [0.25, 0.3) is 0 Å². The largest absolute Gasteiger partial charge is 0.472 e. The number of aromatic nitrogens is 12. The van der Waals surface area contributed by atoms with Crippen LogP contribution in [0.4, 0.5) is 17.5 Å². The van der Waals surface area contributed by atoms with E-state index in [1.807, 2.05) is 0 Å². The molecular weight excluding hydrogens is 1070 g/mol. The Morgan fingerprint density at radius 3 is 1.80 bits per heavy atom. The van der Waals surface area contributed by atoms with E-state index >= 15 is 0 Å². The summed E-state index contributed by atoms with van der Waals surface area (Å²) >= 11 is 5.48. The molecule has 4 saturated heterocycles. The molecule has 0 saturated carbocycles. The fourth-order valence-electron chi connectivity index (χ4n) is 9.19. The van der Waals surface area contributed by atoms with Crippen molar-refractivity contribution in [3.05, 3.63) is 38.0 Å². The monoisotopic (exact) mass is 1120 g/mol. The van der Waals surface area contributed by atoms with E-state index in [1.54, 1.807) is 0 Å². The molecule has 10 heterocycles. The maximum Gasteiger partial charge on any atom is 0.472 e. The highest BCUT2D eigenvalue weighted by Gasteiger charge is 2.59. The third-order valence-corrected chi connectivity index (χ3v) is 16.0. The molecule has 6 unspecified atom stereocenters. The quantitative estimate of drug-likeness (QED) is 0.0392. The van der Waals surface area contributed by atoms with Gasteiger partial charge in [0.1, 0.15) is 90.0 Å². The van der Waals surface area contributed by atoms with E-state index in [9.17, 15) is 34.0 Å². The molecule has 6 aromatic heterocycles. The summed E-state index contributed by atoms with van der Waals surface area (Å²) < 4.78 is 94.2. The van der Waals surface area contributed by atoms with Gasteiger partial charge in [0.2, 0.25) is 0 Å². The first-order valence-corrected chi connectivity index (χ1v) is 27.7. The molecule has 0 aliphatic carbocycles. The van der Waals surface area contributed by atoms with E-state index in [-0.39, 0.29) is 64.0 Å². The standard InChI is InChI=1S/C36H48N15O19P3S/c1-60-23-17(8-63-71(55,56)62-6-4-52)67-35(51-15-48-20-29(39)42-12-45-32(20)51)25(23)70-73(59,74)64-7-16-21(53)24(34(66-16)50-14-47-19-28(38)41-11-44-31(19)50)69-72(57,58)65-9-36-3-2-5-61-26(36)22(54)33(68-36)49-13-46-18-27(37)40-10-43-30(18)49/h10-17,21-26,33-35,52-54H,2-9H2,1H3,(H,55,56)(H,57,58)(H,59,74)(H2,37,40,43)(H2,38,41,44)(H2,39,42,45)/t16-,17-,21+,22?,23+,24?,25?,26-,33-,34-,35-,36-,73?/m1/s1. The zero-order valence-corrected chi connectivity index (χ0v) is 41.8. The third-order valence-electron chi connectivity index (χ3n) is 12.5. The molecule has 38 heteroatoms. The van der Waals surface area contributed by atoms with Crippen LogP contribution < -0.4 is 17.2 Å². The molecule has 4 aliphatic rings. The van der Waals surface area contributed by atoms with Gasteiger partial charge in [-0.25, -0.2) is 54.0 Å². The van der Waals surface area contributed by atoms with Crippen LogP contribution in [-0.2, 0) is 71.8 Å². The predicted octanol–water partition coefficient (Wildman–Crippen LogP) is -1.52. The molecular formula is C36H48N15O19P3S. The van der Waals surface area contributed by atoms with Gasteiger partial charge in [-0.2, -0.15) is 0 Å². The molecule has 10 rings (SSSR count). The molecule has 0 radical (unpaired) electrons. The lowest BCUT2D eigenvalue weighted by atomic mass is 9.89. The molecule has 74 heavy (non-hydrogen) atoms. The summed E-state index contributed by atoms with van der Waals surface area (Å²) in [5, 5.41) is 32.5. The van der Waals surface area contributed by atoms with Crippen molar-refractivity contribution in [3.63, 3.8) is 0 Å². The molecule has 15 atom stereocenters. The number of aliphatic hydroxyl groups excluding tert-OH is 3. The summed E-state index contributed by atoms with van der Waals surface area (Å²) in [6.45, 7) is -7.50. The molecule has 4 fully saturated rings. The lowest BCUT2D eigenvalue weighted by Crippen LogP contribution is -2.51. The number of hydrogen-bond donors (Lipinski definition) is 9. The average molecular weight is 1120 g/mol. The fraction of sp³-hybridized carbons (Fsp3) is 0.583. The van der Waals surface area contributed by atoms with Crippen LogP contribution in [0.1, 0.15) is 31.5 Å². The smallest absolute Gasteiger partial charge is 0.394 e. The van der Waals surface area contributed by atoms with Crippen molar-refractivity contribution < 1.29 is 90.0 Å². The Labute approximate surface area is 420 Å². The van der Waals surface area contributed by atoms with Gasteiger partial charge in [0.15, 0.2) is 53.1 Å². The van der Waals surface area contributed by atoms with Gasteiger partial charge in [-0.05, 0) is 24.6 Å². The molecule has 0 aromatic carbocycles. The fourth-order valence-corrected chi connectivity index (χ4v) is 12.3. The lowest BCUT2D eigenvalue weighted by Gasteiger charge is -2.38. The zero-order chi connectivity index (χ0) is 52.3. The van der Waals surface area contributed by atoms with Gasteiger partial charge in [-0.3, -0.25) is 36.3 Å². The van der Waals surface area contributed by atoms with Crippen molar-refractivity contribution in [3.8, 4) is 0 Å². The maximum absolute atomic E-state index is 14.1. The number of methoxy groups -OCH3 is 1. The van der Waals surface area contributed by atoms with Crippen LogP contribution in [0.15, 0.2) is 38.0 Å². The molecule has 4 aliphatic heterocycles. The third kappa shape index (κ3) is 10.1. The highest BCUT2D eigenvalue weighted by molar-refractivity contribution is 8.07. The van der Waals surface area contributed by atoms with Crippen LogP contribution in [0.5, 0.6) is 0 Å². The van der Waals surface area contributed by atoms with Crippen molar-refractivity contribution >= 4 is 85.1 Å².